The average Bonchev–Trinajstić information content (AvgIpc) is 3.15. The maximum absolute atomic E-state index is 6.04. The maximum Gasteiger partial charge on any atom is 0.280 e. The van der Waals surface area contributed by atoms with Crippen molar-refractivity contribution >= 4 is 58.2 Å². The molecule has 3 nitrogen and oxygen atoms in total. The van der Waals surface area contributed by atoms with Gasteiger partial charge in [0.05, 0.1) is 5.69 Å². The molecule has 4 aromatic rings. The second-order valence-corrected chi connectivity index (χ2v) is 8.72. The predicted octanol–water partition coefficient (Wildman–Crippen LogP) is 6.46. The molecule has 7 heteroatoms. The molecule has 0 aliphatic heterocycles. The second kappa shape index (κ2) is 9.84. The molecule has 0 aliphatic rings. The zero-order valence-corrected chi connectivity index (χ0v) is 19.5. The molecule has 0 bridgehead atoms. The largest absolute Gasteiger partial charge is 0.752 e. The van der Waals surface area contributed by atoms with Crippen LogP contribution in [0.2, 0.25) is 15.1 Å². The lowest BCUT2D eigenvalue weighted by Gasteiger charge is -2.12. The highest BCUT2D eigenvalue weighted by atomic mass is 35.5. The van der Waals surface area contributed by atoms with Gasteiger partial charge in [-0.05, 0) is 59.7 Å². The van der Waals surface area contributed by atoms with Crippen molar-refractivity contribution in [2.24, 2.45) is 4.99 Å². The van der Waals surface area contributed by atoms with Crippen molar-refractivity contribution < 1.29 is 4.57 Å². The van der Waals surface area contributed by atoms with Crippen molar-refractivity contribution in [3.63, 3.8) is 0 Å². The Morgan fingerprint density at radius 1 is 0.774 bits per heavy atom. The van der Waals surface area contributed by atoms with E-state index >= 15 is 0 Å². The number of nitrogens with zero attached hydrogens (tertiary/aromatic N) is 3. The Hall–Kier alpha value is -2.37. The molecule has 3 aromatic carbocycles. The van der Waals surface area contributed by atoms with Crippen LogP contribution in [0, 0.1) is 0 Å². The summed E-state index contributed by atoms with van der Waals surface area (Å²) in [7, 11) is 0. The number of halogens is 3. The van der Waals surface area contributed by atoms with Gasteiger partial charge < -0.3 is 12.6 Å². The zero-order chi connectivity index (χ0) is 21.8. The van der Waals surface area contributed by atoms with Gasteiger partial charge in [-0.2, -0.15) is 0 Å². The second-order valence-electron chi connectivity index (χ2n) is 7.02. The Balaban J connectivity index is 1.72. The third-order valence-electron chi connectivity index (χ3n) is 4.75. The summed E-state index contributed by atoms with van der Waals surface area (Å²) in [5.41, 5.74) is 3.00. The smallest absolute Gasteiger partial charge is 0.280 e. The van der Waals surface area contributed by atoms with E-state index in [0.717, 1.165) is 22.6 Å². The summed E-state index contributed by atoms with van der Waals surface area (Å²) in [5.74, 6) is 0.842. The molecule has 156 valence electrons. The first-order chi connectivity index (χ1) is 15.0. The van der Waals surface area contributed by atoms with Crippen LogP contribution in [-0.4, -0.2) is 9.61 Å². The van der Waals surface area contributed by atoms with Crippen LogP contribution in [0.5, 0.6) is 0 Å². The number of hydrogen-bond acceptors (Lipinski definition) is 2. The lowest BCUT2D eigenvalue weighted by atomic mass is 10.2. The van der Waals surface area contributed by atoms with Gasteiger partial charge in [0.25, 0.3) is 5.82 Å². The van der Waals surface area contributed by atoms with Gasteiger partial charge in [-0.1, -0.05) is 59.1 Å². The van der Waals surface area contributed by atoms with E-state index in [9.17, 15) is 0 Å². The van der Waals surface area contributed by atoms with E-state index in [0.29, 0.717) is 33.2 Å². The molecule has 4 rings (SSSR count). The van der Waals surface area contributed by atoms with Crippen LogP contribution in [0.15, 0.2) is 90.2 Å². The number of aromatic nitrogens is 2. The van der Waals surface area contributed by atoms with Crippen LogP contribution in [0.4, 0.5) is 5.69 Å². The molecule has 0 saturated heterocycles. The highest BCUT2D eigenvalue weighted by Gasteiger charge is 2.18. The van der Waals surface area contributed by atoms with Gasteiger partial charge in [-0.15, -0.1) is 0 Å². The van der Waals surface area contributed by atoms with E-state index in [1.807, 2.05) is 73.1 Å². The summed E-state index contributed by atoms with van der Waals surface area (Å²) in [4.78, 5) is 4.66. The third-order valence-corrected chi connectivity index (χ3v) is 5.78. The number of imidazole rings is 1. The van der Waals surface area contributed by atoms with Gasteiger partial charge >= 0.3 is 0 Å². The fourth-order valence-corrected chi connectivity index (χ4v) is 3.94. The standard InChI is InChI=1S/C24H18Cl3N3S/c25-19-5-1-17(2-6-19)15-29-13-14-30(16-18-3-7-20(26)8-4-18)24(29)23(31)28-22-11-9-21(27)10-12-22/h1-14H,15-16H2. The van der Waals surface area contributed by atoms with Crippen LogP contribution in [0.25, 0.3) is 0 Å². The molecular formula is C24H18Cl3N3S. The van der Waals surface area contributed by atoms with E-state index in [4.69, 9.17) is 47.4 Å². The Morgan fingerprint density at radius 2 is 1.29 bits per heavy atom. The fraction of sp³-hybridized carbons (Fsp3) is 0.0833. The predicted molar refractivity (Wildman–Crippen MR) is 131 cm³/mol. The molecule has 1 heterocycles. The minimum atomic E-state index is 0.496. The number of hydrogen-bond donors (Lipinski definition) is 0. The SMILES string of the molecule is [S-]C(=Nc1ccc(Cl)cc1)c1n(Cc2ccc(Cl)cc2)cc[n+]1Cc1ccc(Cl)cc1. The summed E-state index contributed by atoms with van der Waals surface area (Å²) in [6, 6.07) is 22.9. The highest BCUT2D eigenvalue weighted by Crippen LogP contribution is 2.18. The number of benzene rings is 3. The molecule has 0 aliphatic carbocycles. The molecule has 0 spiro atoms. The average molecular weight is 487 g/mol. The molecule has 0 radical (unpaired) electrons. The summed E-state index contributed by atoms with van der Waals surface area (Å²) in [6.07, 6.45) is 4.03. The van der Waals surface area contributed by atoms with E-state index in [2.05, 4.69) is 14.1 Å². The number of aliphatic imine (C=N–C) groups is 1. The molecule has 1 aromatic heterocycles. The van der Waals surface area contributed by atoms with Crippen molar-refractivity contribution in [2.45, 2.75) is 13.1 Å². The summed E-state index contributed by atoms with van der Waals surface area (Å²) in [5, 5.41) is 2.58. The van der Waals surface area contributed by atoms with Gasteiger partial charge in [0, 0.05) is 20.1 Å². The summed E-state index contributed by atoms with van der Waals surface area (Å²) < 4.78 is 4.20. The molecule has 0 fully saturated rings. The van der Waals surface area contributed by atoms with Gasteiger partial charge in [-0.3, -0.25) is 4.99 Å². The molecule has 0 atom stereocenters. The minimum Gasteiger partial charge on any atom is -0.752 e. The Labute approximate surface area is 202 Å². The Morgan fingerprint density at radius 3 is 1.87 bits per heavy atom. The van der Waals surface area contributed by atoms with Crippen molar-refractivity contribution in [1.29, 1.82) is 0 Å². The molecule has 0 unspecified atom stereocenters. The molecule has 0 N–H and O–H groups in total. The van der Waals surface area contributed by atoms with Crippen LogP contribution < -0.4 is 4.57 Å². The minimum absolute atomic E-state index is 0.496. The monoisotopic (exact) mass is 485 g/mol. The lowest BCUT2D eigenvalue weighted by molar-refractivity contribution is -0.688. The van der Waals surface area contributed by atoms with E-state index in [1.54, 1.807) is 12.1 Å². The fourth-order valence-electron chi connectivity index (χ4n) is 3.22. The van der Waals surface area contributed by atoms with Crippen LogP contribution in [0.1, 0.15) is 17.0 Å². The lowest BCUT2D eigenvalue weighted by Crippen LogP contribution is -2.40. The van der Waals surface area contributed by atoms with Gasteiger partial charge in [0.1, 0.15) is 25.5 Å². The van der Waals surface area contributed by atoms with Gasteiger partial charge in [0.2, 0.25) is 0 Å². The quantitative estimate of drug-likeness (QED) is 0.133. The first-order valence-corrected chi connectivity index (χ1v) is 11.1. The molecule has 0 amide bonds. The maximum atomic E-state index is 6.04. The summed E-state index contributed by atoms with van der Waals surface area (Å²) in [6.45, 7) is 1.30. The first kappa shape index (κ1) is 21.8. The van der Waals surface area contributed by atoms with Crippen LogP contribution >= 0.6 is 34.8 Å². The van der Waals surface area contributed by atoms with E-state index in [-0.39, 0.29) is 0 Å². The topological polar surface area (TPSA) is 21.2 Å². The van der Waals surface area contributed by atoms with Crippen molar-refractivity contribution in [3.05, 3.63) is 117 Å². The van der Waals surface area contributed by atoms with Gasteiger partial charge in [-0.25, -0.2) is 9.13 Å². The van der Waals surface area contributed by atoms with Crippen LogP contribution in [0.3, 0.4) is 0 Å². The normalized spacial score (nSPS) is 11.6. The Bertz CT molecular complexity index is 1130. The summed E-state index contributed by atoms with van der Waals surface area (Å²) >= 11 is 23.8. The molecule has 0 saturated carbocycles. The zero-order valence-electron chi connectivity index (χ0n) is 16.4. The van der Waals surface area contributed by atoms with Crippen molar-refractivity contribution in [1.82, 2.24) is 4.57 Å². The first-order valence-electron chi connectivity index (χ1n) is 9.57. The number of rotatable bonds is 6. The molecule has 31 heavy (non-hydrogen) atoms. The third kappa shape index (κ3) is 5.66. The van der Waals surface area contributed by atoms with Crippen LogP contribution in [-0.2, 0) is 25.7 Å². The van der Waals surface area contributed by atoms with Crippen molar-refractivity contribution in [2.75, 3.05) is 0 Å². The van der Waals surface area contributed by atoms with E-state index < -0.39 is 0 Å². The van der Waals surface area contributed by atoms with E-state index in [1.165, 1.54) is 0 Å². The van der Waals surface area contributed by atoms with Gasteiger partial charge in [0.15, 0.2) is 0 Å². The van der Waals surface area contributed by atoms with Crippen molar-refractivity contribution in [3.8, 4) is 0 Å². The molecular weight excluding hydrogens is 469 g/mol. The highest BCUT2D eigenvalue weighted by molar-refractivity contribution is 7.78. The Kier molecular flexibility index (Phi) is 6.93.